The maximum Gasteiger partial charge on any atom is 0.147 e. The van der Waals surface area contributed by atoms with Crippen molar-refractivity contribution in [3.05, 3.63) is 18.1 Å². The van der Waals surface area contributed by atoms with E-state index in [1.807, 2.05) is 12.4 Å². The van der Waals surface area contributed by atoms with E-state index in [4.69, 9.17) is 0 Å². The average molecular weight is 277 g/mol. The van der Waals surface area contributed by atoms with Crippen LogP contribution in [0.4, 0.5) is 5.82 Å². The minimum Gasteiger partial charge on any atom is -0.353 e. The van der Waals surface area contributed by atoms with Crippen LogP contribution in [0.15, 0.2) is 12.4 Å². The molecule has 0 aromatic carbocycles. The summed E-state index contributed by atoms with van der Waals surface area (Å²) in [5.41, 5.74) is 1.26. The third-order valence-corrected chi connectivity index (χ3v) is 3.80. The van der Waals surface area contributed by atoms with Crippen molar-refractivity contribution in [3.63, 3.8) is 0 Å². The van der Waals surface area contributed by atoms with Crippen molar-refractivity contribution >= 4 is 5.82 Å². The number of nitrogens with zero attached hydrogens (tertiary/aromatic N) is 4. The zero-order valence-electron chi connectivity index (χ0n) is 13.2. The zero-order valence-corrected chi connectivity index (χ0v) is 13.2. The minimum absolute atomic E-state index is 0.257. The normalized spacial score (nSPS) is 17.5. The second-order valence-electron chi connectivity index (χ2n) is 6.29. The Bertz CT molecular complexity index is 401. The van der Waals surface area contributed by atoms with Crippen LogP contribution < -0.4 is 10.2 Å². The standard InChI is InChI=1S/C15H27N5/c1-5-16-10-13-11-18-14(12-17-13)19-6-8-20(9-7-19)15(2,3)4/h11-12,16H,5-10H2,1-4H3. The molecule has 1 aliphatic rings. The van der Waals surface area contributed by atoms with Crippen molar-refractivity contribution in [2.45, 2.75) is 39.8 Å². The van der Waals surface area contributed by atoms with Crippen LogP contribution >= 0.6 is 0 Å². The van der Waals surface area contributed by atoms with Gasteiger partial charge >= 0.3 is 0 Å². The summed E-state index contributed by atoms with van der Waals surface area (Å²) in [6.45, 7) is 14.9. The van der Waals surface area contributed by atoms with Crippen molar-refractivity contribution in [2.75, 3.05) is 37.6 Å². The summed E-state index contributed by atoms with van der Waals surface area (Å²) >= 11 is 0. The Labute approximate surface area is 122 Å². The van der Waals surface area contributed by atoms with Crippen LogP contribution in [0, 0.1) is 0 Å². The van der Waals surface area contributed by atoms with Crippen LogP contribution in [0.25, 0.3) is 0 Å². The summed E-state index contributed by atoms with van der Waals surface area (Å²) in [6.07, 6.45) is 3.79. The second kappa shape index (κ2) is 6.50. The number of aromatic nitrogens is 2. The van der Waals surface area contributed by atoms with E-state index in [-0.39, 0.29) is 5.54 Å². The van der Waals surface area contributed by atoms with E-state index < -0.39 is 0 Å². The Balaban J connectivity index is 1.90. The Morgan fingerprint density at radius 1 is 1.10 bits per heavy atom. The van der Waals surface area contributed by atoms with Gasteiger partial charge in [-0.05, 0) is 27.3 Å². The Kier molecular flexibility index (Phi) is 4.94. The number of piperazine rings is 1. The second-order valence-corrected chi connectivity index (χ2v) is 6.29. The first kappa shape index (κ1) is 15.2. The molecule has 2 heterocycles. The summed E-state index contributed by atoms with van der Waals surface area (Å²) in [7, 11) is 0. The van der Waals surface area contributed by atoms with Crippen LogP contribution in [0.2, 0.25) is 0 Å². The summed E-state index contributed by atoms with van der Waals surface area (Å²) < 4.78 is 0. The fraction of sp³-hybridized carbons (Fsp3) is 0.733. The average Bonchev–Trinajstić information content (AvgIpc) is 2.45. The maximum atomic E-state index is 4.55. The Morgan fingerprint density at radius 3 is 2.30 bits per heavy atom. The highest BCUT2D eigenvalue weighted by Crippen LogP contribution is 2.18. The molecule has 5 heteroatoms. The number of anilines is 1. The van der Waals surface area contributed by atoms with Crippen molar-refractivity contribution < 1.29 is 0 Å². The van der Waals surface area contributed by atoms with Gasteiger partial charge in [-0.25, -0.2) is 4.98 Å². The summed E-state index contributed by atoms with van der Waals surface area (Å²) in [4.78, 5) is 13.9. The molecule has 1 aromatic rings. The van der Waals surface area contributed by atoms with Gasteiger partial charge in [0.05, 0.1) is 18.1 Å². The van der Waals surface area contributed by atoms with E-state index in [0.717, 1.165) is 50.8 Å². The van der Waals surface area contributed by atoms with Gasteiger partial charge in [0.2, 0.25) is 0 Å². The molecule has 0 saturated carbocycles. The van der Waals surface area contributed by atoms with Gasteiger partial charge in [-0.3, -0.25) is 9.88 Å². The summed E-state index contributed by atoms with van der Waals surface area (Å²) in [5, 5.41) is 3.26. The molecule has 1 aliphatic heterocycles. The van der Waals surface area contributed by atoms with Gasteiger partial charge in [-0.2, -0.15) is 0 Å². The quantitative estimate of drug-likeness (QED) is 0.904. The first-order valence-electron chi connectivity index (χ1n) is 7.52. The van der Waals surface area contributed by atoms with Crippen molar-refractivity contribution in [1.29, 1.82) is 0 Å². The molecule has 0 aliphatic carbocycles. The molecule has 1 fully saturated rings. The number of nitrogens with one attached hydrogen (secondary N) is 1. The van der Waals surface area contributed by atoms with Crippen molar-refractivity contribution in [2.24, 2.45) is 0 Å². The minimum atomic E-state index is 0.257. The molecular weight excluding hydrogens is 250 g/mol. The monoisotopic (exact) mass is 277 g/mol. The molecule has 5 nitrogen and oxygen atoms in total. The largest absolute Gasteiger partial charge is 0.353 e. The molecular formula is C15H27N5. The molecule has 0 amide bonds. The van der Waals surface area contributed by atoms with E-state index in [0.29, 0.717) is 0 Å². The highest BCUT2D eigenvalue weighted by atomic mass is 15.3. The van der Waals surface area contributed by atoms with E-state index in [2.05, 4.69) is 52.8 Å². The predicted octanol–water partition coefficient (Wildman–Crippen LogP) is 1.51. The van der Waals surface area contributed by atoms with Crippen LogP contribution in [-0.4, -0.2) is 53.1 Å². The Morgan fingerprint density at radius 2 is 1.80 bits per heavy atom. The topological polar surface area (TPSA) is 44.3 Å². The molecule has 0 atom stereocenters. The van der Waals surface area contributed by atoms with Crippen LogP contribution in [0.3, 0.4) is 0 Å². The van der Waals surface area contributed by atoms with Gasteiger partial charge in [0.15, 0.2) is 0 Å². The third kappa shape index (κ3) is 3.90. The molecule has 0 bridgehead atoms. The smallest absolute Gasteiger partial charge is 0.147 e. The maximum absolute atomic E-state index is 4.55. The molecule has 112 valence electrons. The van der Waals surface area contributed by atoms with Gasteiger partial charge < -0.3 is 10.2 Å². The number of rotatable bonds is 4. The van der Waals surface area contributed by atoms with Crippen LogP contribution in [0.1, 0.15) is 33.4 Å². The predicted molar refractivity (Wildman–Crippen MR) is 83.0 cm³/mol. The van der Waals surface area contributed by atoms with Crippen molar-refractivity contribution in [1.82, 2.24) is 20.2 Å². The van der Waals surface area contributed by atoms with Gasteiger partial charge in [0.25, 0.3) is 0 Å². The van der Waals surface area contributed by atoms with Gasteiger partial charge in [0.1, 0.15) is 5.82 Å². The van der Waals surface area contributed by atoms with Gasteiger partial charge in [0, 0.05) is 38.3 Å². The molecule has 2 rings (SSSR count). The van der Waals surface area contributed by atoms with Crippen LogP contribution in [-0.2, 0) is 6.54 Å². The third-order valence-electron chi connectivity index (χ3n) is 3.80. The number of hydrogen-bond donors (Lipinski definition) is 1. The van der Waals surface area contributed by atoms with Crippen molar-refractivity contribution in [3.8, 4) is 0 Å². The summed E-state index contributed by atoms with van der Waals surface area (Å²) in [6, 6.07) is 0. The summed E-state index contributed by atoms with van der Waals surface area (Å²) in [5.74, 6) is 0.999. The molecule has 1 N–H and O–H groups in total. The van der Waals surface area contributed by atoms with Gasteiger partial charge in [-0.1, -0.05) is 6.92 Å². The molecule has 20 heavy (non-hydrogen) atoms. The lowest BCUT2D eigenvalue weighted by Crippen LogP contribution is -2.53. The van der Waals surface area contributed by atoms with E-state index in [1.54, 1.807) is 0 Å². The van der Waals surface area contributed by atoms with E-state index in [1.165, 1.54) is 0 Å². The lowest BCUT2D eigenvalue weighted by Gasteiger charge is -2.42. The first-order chi connectivity index (χ1) is 9.50. The molecule has 0 radical (unpaired) electrons. The number of hydrogen-bond acceptors (Lipinski definition) is 5. The molecule has 1 aromatic heterocycles. The van der Waals surface area contributed by atoms with Crippen LogP contribution in [0.5, 0.6) is 0 Å². The molecule has 0 spiro atoms. The van der Waals surface area contributed by atoms with Gasteiger partial charge in [-0.15, -0.1) is 0 Å². The Hall–Kier alpha value is -1.20. The lowest BCUT2D eigenvalue weighted by molar-refractivity contribution is 0.128. The van der Waals surface area contributed by atoms with E-state index >= 15 is 0 Å². The first-order valence-corrected chi connectivity index (χ1v) is 7.52. The fourth-order valence-corrected chi connectivity index (χ4v) is 2.46. The zero-order chi connectivity index (χ0) is 14.6. The van der Waals surface area contributed by atoms with E-state index in [9.17, 15) is 0 Å². The highest BCUT2D eigenvalue weighted by molar-refractivity contribution is 5.36. The molecule has 0 unspecified atom stereocenters. The SMILES string of the molecule is CCNCc1cnc(N2CCN(C(C)(C)C)CC2)cn1. The fourth-order valence-electron chi connectivity index (χ4n) is 2.46. The highest BCUT2D eigenvalue weighted by Gasteiger charge is 2.26. The lowest BCUT2D eigenvalue weighted by atomic mass is 10.1. The molecule has 1 saturated heterocycles.